The van der Waals surface area contributed by atoms with Gasteiger partial charge in [-0.15, -0.1) is 0 Å². The van der Waals surface area contributed by atoms with Gasteiger partial charge in [0.15, 0.2) is 5.69 Å². The van der Waals surface area contributed by atoms with Gasteiger partial charge in [-0.3, -0.25) is 0 Å². The molecule has 1 fully saturated rings. The Balaban J connectivity index is 1.78. The summed E-state index contributed by atoms with van der Waals surface area (Å²) in [6.07, 6.45) is 5.97. The predicted molar refractivity (Wildman–Crippen MR) is 64.8 cm³/mol. The van der Waals surface area contributed by atoms with Crippen molar-refractivity contribution in [3.05, 3.63) is 18.1 Å². The van der Waals surface area contributed by atoms with Crippen LogP contribution in [0.4, 0.5) is 0 Å². The van der Waals surface area contributed by atoms with Crippen LogP contribution in [0.2, 0.25) is 0 Å². The third kappa shape index (κ3) is 3.16. The Bertz CT molecular complexity index is 408. The summed E-state index contributed by atoms with van der Waals surface area (Å²) in [6, 6.07) is 0.580. The van der Waals surface area contributed by atoms with E-state index in [-0.39, 0.29) is 5.69 Å². The van der Waals surface area contributed by atoms with Gasteiger partial charge in [-0.25, -0.2) is 14.8 Å². The molecule has 1 saturated heterocycles. The van der Waals surface area contributed by atoms with Crippen molar-refractivity contribution in [2.45, 2.75) is 25.3 Å². The Morgan fingerprint density at radius 3 is 2.94 bits per heavy atom. The van der Waals surface area contributed by atoms with E-state index in [1.807, 2.05) is 0 Å². The zero-order valence-electron chi connectivity index (χ0n) is 10.4. The Labute approximate surface area is 106 Å². The van der Waals surface area contributed by atoms with Crippen molar-refractivity contribution in [1.29, 1.82) is 0 Å². The Morgan fingerprint density at radius 1 is 1.56 bits per heavy atom. The fourth-order valence-corrected chi connectivity index (χ4v) is 2.14. The van der Waals surface area contributed by atoms with E-state index in [4.69, 9.17) is 9.84 Å². The average molecular weight is 251 g/mol. The van der Waals surface area contributed by atoms with Crippen LogP contribution in [-0.4, -0.2) is 52.2 Å². The number of carboxylic acids is 1. The molecule has 0 spiro atoms. The zero-order valence-corrected chi connectivity index (χ0v) is 10.4. The second-order valence-electron chi connectivity index (χ2n) is 4.46. The maximum atomic E-state index is 10.6. The normalized spacial score (nSPS) is 19.9. The van der Waals surface area contributed by atoms with Crippen LogP contribution >= 0.6 is 0 Å². The van der Waals surface area contributed by atoms with Crippen LogP contribution in [0.1, 0.15) is 29.8 Å². The van der Waals surface area contributed by atoms with Crippen molar-refractivity contribution in [3.63, 3.8) is 0 Å². The van der Waals surface area contributed by atoms with Gasteiger partial charge in [0, 0.05) is 6.04 Å². The minimum Gasteiger partial charge on any atom is -0.477 e. The molecule has 6 nitrogen and oxygen atoms in total. The van der Waals surface area contributed by atoms with Crippen LogP contribution in [0.5, 0.6) is 5.88 Å². The van der Waals surface area contributed by atoms with Crippen molar-refractivity contribution in [3.8, 4) is 5.88 Å². The molecule has 1 atom stereocenters. The number of carboxylic acid groups (broad SMARTS) is 1. The van der Waals surface area contributed by atoms with Gasteiger partial charge in [0.25, 0.3) is 0 Å². The number of hydrogen-bond donors (Lipinski definition) is 1. The molecule has 0 radical (unpaired) electrons. The SMILES string of the molecule is CN1CCCC1CCOc1cnc(C(=O)O)cn1. The van der Waals surface area contributed by atoms with Gasteiger partial charge in [0.1, 0.15) is 0 Å². The van der Waals surface area contributed by atoms with Gasteiger partial charge in [0.2, 0.25) is 5.88 Å². The number of hydrogen-bond acceptors (Lipinski definition) is 5. The van der Waals surface area contributed by atoms with Crippen LogP contribution in [-0.2, 0) is 0 Å². The second-order valence-corrected chi connectivity index (χ2v) is 4.46. The smallest absolute Gasteiger partial charge is 0.356 e. The summed E-state index contributed by atoms with van der Waals surface area (Å²) in [6.45, 7) is 1.73. The molecule has 1 aromatic rings. The van der Waals surface area contributed by atoms with E-state index in [9.17, 15) is 4.79 Å². The quantitative estimate of drug-likeness (QED) is 0.842. The third-order valence-electron chi connectivity index (χ3n) is 3.22. The number of nitrogens with zero attached hydrogens (tertiary/aromatic N) is 3. The fourth-order valence-electron chi connectivity index (χ4n) is 2.14. The molecular formula is C12H17N3O3. The lowest BCUT2D eigenvalue weighted by Gasteiger charge is -2.18. The highest BCUT2D eigenvalue weighted by Gasteiger charge is 2.20. The highest BCUT2D eigenvalue weighted by Crippen LogP contribution is 2.17. The fraction of sp³-hybridized carbons (Fsp3) is 0.583. The molecule has 0 aromatic carbocycles. The number of likely N-dealkylation sites (tertiary alicyclic amines) is 1. The Kier molecular flexibility index (Phi) is 4.09. The highest BCUT2D eigenvalue weighted by molar-refractivity contribution is 5.84. The standard InChI is InChI=1S/C12H17N3O3/c1-15-5-2-3-9(15)4-6-18-11-8-13-10(7-14-11)12(16)17/h7-9H,2-6H2,1H3,(H,16,17). The molecule has 1 unspecified atom stereocenters. The lowest BCUT2D eigenvalue weighted by atomic mass is 10.1. The lowest BCUT2D eigenvalue weighted by molar-refractivity contribution is 0.0689. The molecule has 1 aliphatic heterocycles. The van der Waals surface area contributed by atoms with Gasteiger partial charge in [-0.05, 0) is 32.9 Å². The maximum absolute atomic E-state index is 10.6. The first-order chi connectivity index (χ1) is 8.66. The van der Waals surface area contributed by atoms with Crippen molar-refractivity contribution in [1.82, 2.24) is 14.9 Å². The lowest BCUT2D eigenvalue weighted by Crippen LogP contribution is -2.26. The van der Waals surface area contributed by atoms with E-state index in [0.717, 1.165) is 13.0 Å². The maximum Gasteiger partial charge on any atom is 0.356 e. The average Bonchev–Trinajstić information content (AvgIpc) is 2.76. The summed E-state index contributed by atoms with van der Waals surface area (Å²) in [4.78, 5) is 20.6. The van der Waals surface area contributed by atoms with Crippen LogP contribution in [0.3, 0.4) is 0 Å². The van der Waals surface area contributed by atoms with E-state index >= 15 is 0 Å². The van der Waals surface area contributed by atoms with Gasteiger partial charge in [0.05, 0.1) is 19.0 Å². The van der Waals surface area contributed by atoms with Crippen LogP contribution in [0.25, 0.3) is 0 Å². The van der Waals surface area contributed by atoms with Crippen molar-refractivity contribution >= 4 is 5.97 Å². The zero-order chi connectivity index (χ0) is 13.0. The third-order valence-corrected chi connectivity index (χ3v) is 3.22. The van der Waals surface area contributed by atoms with E-state index < -0.39 is 5.97 Å². The molecule has 2 rings (SSSR count). The van der Waals surface area contributed by atoms with Crippen molar-refractivity contribution in [2.75, 3.05) is 20.2 Å². The first-order valence-electron chi connectivity index (χ1n) is 6.05. The number of rotatable bonds is 5. The minimum absolute atomic E-state index is 0.0714. The molecule has 98 valence electrons. The number of carbonyl (C=O) groups is 1. The van der Waals surface area contributed by atoms with Gasteiger partial charge in [-0.1, -0.05) is 0 Å². The predicted octanol–water partition coefficient (Wildman–Crippen LogP) is 1.04. The summed E-state index contributed by atoms with van der Waals surface area (Å²) >= 11 is 0. The molecule has 1 N–H and O–H groups in total. The first-order valence-corrected chi connectivity index (χ1v) is 6.05. The van der Waals surface area contributed by atoms with E-state index in [1.54, 1.807) is 0 Å². The van der Waals surface area contributed by atoms with Crippen LogP contribution < -0.4 is 4.74 Å². The van der Waals surface area contributed by atoms with Gasteiger partial charge in [-0.2, -0.15) is 0 Å². The summed E-state index contributed by atoms with van der Waals surface area (Å²) < 4.78 is 5.46. The van der Waals surface area contributed by atoms with Gasteiger partial charge >= 0.3 is 5.97 Å². The van der Waals surface area contributed by atoms with E-state index in [1.165, 1.54) is 25.2 Å². The molecule has 0 aliphatic carbocycles. The van der Waals surface area contributed by atoms with Gasteiger partial charge < -0.3 is 14.7 Å². The summed E-state index contributed by atoms with van der Waals surface area (Å²) in [5.41, 5.74) is -0.0714. The second kappa shape index (κ2) is 5.77. The Morgan fingerprint density at radius 2 is 2.39 bits per heavy atom. The summed E-state index contributed by atoms with van der Waals surface area (Å²) in [7, 11) is 2.12. The molecule has 0 bridgehead atoms. The molecule has 0 amide bonds. The largest absolute Gasteiger partial charge is 0.477 e. The van der Waals surface area contributed by atoms with Crippen LogP contribution in [0.15, 0.2) is 12.4 Å². The summed E-state index contributed by atoms with van der Waals surface area (Å²) in [5, 5.41) is 8.68. The topological polar surface area (TPSA) is 75.5 Å². The van der Waals surface area contributed by atoms with Crippen molar-refractivity contribution < 1.29 is 14.6 Å². The monoisotopic (exact) mass is 251 g/mol. The first kappa shape index (κ1) is 12.8. The number of aromatic nitrogens is 2. The molecule has 1 aromatic heterocycles. The molecular weight excluding hydrogens is 234 g/mol. The van der Waals surface area contributed by atoms with Crippen LogP contribution in [0, 0.1) is 0 Å². The summed E-state index contributed by atoms with van der Waals surface area (Å²) in [5.74, 6) is -0.706. The van der Waals surface area contributed by atoms with E-state index in [2.05, 4.69) is 21.9 Å². The molecule has 2 heterocycles. The Hall–Kier alpha value is -1.69. The highest BCUT2D eigenvalue weighted by atomic mass is 16.5. The number of ether oxygens (including phenoxy) is 1. The molecule has 6 heteroatoms. The molecule has 0 saturated carbocycles. The van der Waals surface area contributed by atoms with Crippen molar-refractivity contribution in [2.24, 2.45) is 0 Å². The number of aromatic carboxylic acids is 1. The molecule has 1 aliphatic rings. The molecule has 18 heavy (non-hydrogen) atoms. The minimum atomic E-state index is -1.08. The van der Waals surface area contributed by atoms with E-state index in [0.29, 0.717) is 18.5 Å².